The molecule has 1 N–H and O–H groups in total. The predicted octanol–water partition coefficient (Wildman–Crippen LogP) is 4.94. The topological polar surface area (TPSA) is 106 Å². The summed E-state index contributed by atoms with van der Waals surface area (Å²) in [6.07, 6.45) is 1.24. The van der Waals surface area contributed by atoms with Crippen molar-refractivity contribution in [2.75, 3.05) is 12.0 Å². The predicted molar refractivity (Wildman–Crippen MR) is 134 cm³/mol. The highest BCUT2D eigenvalue weighted by atomic mass is 35.5. The van der Waals surface area contributed by atoms with E-state index in [-0.39, 0.29) is 23.0 Å². The zero-order valence-electron chi connectivity index (χ0n) is 19.8. The molecule has 1 aliphatic heterocycles. The van der Waals surface area contributed by atoms with E-state index in [4.69, 9.17) is 21.1 Å². The van der Waals surface area contributed by atoms with Crippen molar-refractivity contribution in [3.8, 4) is 5.75 Å². The Morgan fingerprint density at radius 3 is 2.42 bits per heavy atom. The van der Waals surface area contributed by atoms with Crippen LogP contribution in [0.4, 0.5) is 5.69 Å². The van der Waals surface area contributed by atoms with Crippen LogP contribution in [0.25, 0.3) is 5.76 Å². The van der Waals surface area contributed by atoms with Gasteiger partial charge < -0.3 is 14.6 Å². The highest BCUT2D eigenvalue weighted by Gasteiger charge is 2.48. The molecule has 3 aromatic rings. The Bertz CT molecular complexity index is 1350. The van der Waals surface area contributed by atoms with Crippen LogP contribution in [0, 0.1) is 0 Å². The number of halogens is 1. The van der Waals surface area contributed by atoms with Crippen molar-refractivity contribution in [3.63, 3.8) is 0 Å². The van der Waals surface area contributed by atoms with Gasteiger partial charge in [-0.15, -0.1) is 0 Å². The van der Waals surface area contributed by atoms with Gasteiger partial charge in [0.2, 0.25) is 0 Å². The molecule has 1 fully saturated rings. The molecule has 2 heterocycles. The molecule has 0 radical (unpaired) electrons. The summed E-state index contributed by atoms with van der Waals surface area (Å²) in [5.74, 6) is -2.43. The lowest BCUT2D eigenvalue weighted by molar-refractivity contribution is -0.132. The molecule has 0 aliphatic carbocycles. The van der Waals surface area contributed by atoms with Crippen LogP contribution < -0.4 is 9.64 Å². The molecule has 0 saturated carbocycles. The van der Waals surface area contributed by atoms with E-state index in [0.717, 1.165) is 0 Å². The molecule has 1 aliphatic rings. The fourth-order valence-corrected chi connectivity index (χ4v) is 4.14. The minimum Gasteiger partial charge on any atom is -0.507 e. The average molecular weight is 507 g/mol. The van der Waals surface area contributed by atoms with Gasteiger partial charge in [-0.05, 0) is 68.4 Å². The largest absolute Gasteiger partial charge is 0.507 e. The van der Waals surface area contributed by atoms with Gasteiger partial charge >= 0.3 is 5.97 Å². The molecule has 1 saturated heterocycles. The number of rotatable bonds is 6. The Morgan fingerprint density at radius 2 is 1.81 bits per heavy atom. The van der Waals surface area contributed by atoms with Crippen LogP contribution in [-0.2, 0) is 14.3 Å². The number of ether oxygens (including phenoxy) is 2. The minimum atomic E-state index is -1.04. The van der Waals surface area contributed by atoms with E-state index in [1.54, 1.807) is 44.2 Å². The molecule has 0 spiro atoms. The Kier molecular flexibility index (Phi) is 7.07. The second-order valence-corrected chi connectivity index (χ2v) is 8.71. The van der Waals surface area contributed by atoms with Gasteiger partial charge in [0.25, 0.3) is 11.7 Å². The quantitative estimate of drug-likeness (QED) is 0.218. The molecule has 2 aromatic carbocycles. The summed E-state index contributed by atoms with van der Waals surface area (Å²) in [5, 5.41) is 11.6. The number of carbonyl (C=O) groups excluding carboxylic acids is 3. The monoisotopic (exact) mass is 506 g/mol. The maximum absolute atomic E-state index is 13.3. The normalized spacial score (nSPS) is 16.9. The molecule has 0 bridgehead atoms. The molecular formula is C27H23ClN2O6. The molecule has 184 valence electrons. The summed E-state index contributed by atoms with van der Waals surface area (Å²) < 4.78 is 10.5. The van der Waals surface area contributed by atoms with Crippen molar-refractivity contribution >= 4 is 40.7 Å². The molecule has 4 rings (SSSR count). The lowest BCUT2D eigenvalue weighted by Gasteiger charge is -2.25. The highest BCUT2D eigenvalue weighted by molar-refractivity contribution is 6.51. The number of ketones is 1. The first-order valence-electron chi connectivity index (χ1n) is 11.1. The third-order valence-corrected chi connectivity index (χ3v) is 5.79. The molecule has 1 atom stereocenters. The van der Waals surface area contributed by atoms with Gasteiger partial charge in [-0.1, -0.05) is 17.7 Å². The van der Waals surface area contributed by atoms with Crippen LogP contribution in [-0.4, -0.2) is 41.0 Å². The van der Waals surface area contributed by atoms with E-state index in [1.165, 1.54) is 48.5 Å². The molecule has 1 amide bonds. The van der Waals surface area contributed by atoms with E-state index >= 15 is 0 Å². The number of hydrogen-bond donors (Lipinski definition) is 1. The third kappa shape index (κ3) is 4.67. The van der Waals surface area contributed by atoms with Crippen molar-refractivity contribution in [3.05, 3.63) is 94.3 Å². The molecule has 1 unspecified atom stereocenters. The summed E-state index contributed by atoms with van der Waals surface area (Å²) in [5.41, 5.74) is 0.994. The van der Waals surface area contributed by atoms with Gasteiger partial charge in [0, 0.05) is 16.9 Å². The number of benzene rings is 2. The minimum absolute atomic E-state index is 0.163. The zero-order valence-corrected chi connectivity index (χ0v) is 20.5. The second-order valence-electron chi connectivity index (χ2n) is 8.27. The number of esters is 1. The van der Waals surface area contributed by atoms with E-state index in [1.807, 2.05) is 0 Å². The fraction of sp³-hybridized carbons (Fsp3) is 0.185. The summed E-state index contributed by atoms with van der Waals surface area (Å²) in [7, 11) is 1.42. The Morgan fingerprint density at radius 1 is 1.08 bits per heavy atom. The van der Waals surface area contributed by atoms with Gasteiger partial charge in [-0.3, -0.25) is 19.5 Å². The summed E-state index contributed by atoms with van der Waals surface area (Å²) >= 11 is 6.14. The van der Waals surface area contributed by atoms with Crippen molar-refractivity contribution in [2.24, 2.45) is 0 Å². The first-order chi connectivity index (χ1) is 17.2. The highest BCUT2D eigenvalue weighted by Crippen LogP contribution is 2.43. The van der Waals surface area contributed by atoms with Crippen LogP contribution >= 0.6 is 11.6 Å². The van der Waals surface area contributed by atoms with Crippen molar-refractivity contribution in [2.45, 2.75) is 26.0 Å². The Balaban J connectivity index is 1.86. The number of aliphatic hydroxyl groups excluding tert-OH is 1. The van der Waals surface area contributed by atoms with Crippen molar-refractivity contribution in [1.82, 2.24) is 4.98 Å². The van der Waals surface area contributed by atoms with E-state index < -0.39 is 29.5 Å². The lowest BCUT2D eigenvalue weighted by atomic mass is 9.97. The first kappa shape index (κ1) is 24.9. The average Bonchev–Trinajstić information content (AvgIpc) is 3.14. The number of aliphatic hydroxyl groups is 1. The van der Waals surface area contributed by atoms with Crippen LogP contribution in [0.2, 0.25) is 5.02 Å². The number of hydrogen-bond acceptors (Lipinski definition) is 7. The van der Waals surface area contributed by atoms with E-state index in [2.05, 4.69) is 4.98 Å². The SMILES string of the molecule is COc1ccc(Cl)cc1/C(O)=C1\C(=O)C(=O)N(c2ccc(C(=O)OC(C)C)cc2)C1c1ccccn1. The Labute approximate surface area is 212 Å². The van der Waals surface area contributed by atoms with Crippen molar-refractivity contribution in [1.29, 1.82) is 0 Å². The molecule has 1 aromatic heterocycles. The van der Waals surface area contributed by atoms with E-state index in [0.29, 0.717) is 22.0 Å². The summed E-state index contributed by atoms with van der Waals surface area (Å²) in [6.45, 7) is 3.49. The van der Waals surface area contributed by atoms with Crippen LogP contribution in [0.1, 0.15) is 41.5 Å². The van der Waals surface area contributed by atoms with Crippen molar-refractivity contribution < 1.29 is 29.0 Å². The molecule has 8 nitrogen and oxygen atoms in total. The number of methoxy groups -OCH3 is 1. The summed E-state index contributed by atoms with van der Waals surface area (Å²) in [4.78, 5) is 44.4. The maximum Gasteiger partial charge on any atom is 0.338 e. The van der Waals surface area contributed by atoms with Gasteiger partial charge in [-0.2, -0.15) is 0 Å². The molecule has 9 heteroatoms. The first-order valence-corrected chi connectivity index (χ1v) is 11.5. The van der Waals surface area contributed by atoms with Crippen LogP contribution in [0.5, 0.6) is 5.75 Å². The number of Topliss-reactive ketones (excluding diaryl/α,β-unsaturated/α-hetero) is 1. The van der Waals surface area contributed by atoms with Crippen LogP contribution in [0.15, 0.2) is 72.4 Å². The Hall–Kier alpha value is -4.17. The van der Waals surface area contributed by atoms with Gasteiger partial charge in [0.1, 0.15) is 17.6 Å². The molecular weight excluding hydrogens is 484 g/mol. The maximum atomic E-state index is 13.3. The standard InChI is InChI=1S/C27H23ClN2O6/c1-15(2)36-27(34)16-7-10-18(11-8-16)30-23(20-6-4-5-13-29-20)22(25(32)26(30)33)24(31)19-14-17(28)9-12-21(19)35-3/h4-15,23,31H,1-3H3/b24-22+. The summed E-state index contributed by atoms with van der Waals surface area (Å²) in [6, 6.07) is 14.7. The number of pyridine rings is 1. The van der Waals surface area contributed by atoms with E-state index in [9.17, 15) is 19.5 Å². The number of anilines is 1. The van der Waals surface area contributed by atoms with Gasteiger partial charge in [0.05, 0.1) is 35.6 Å². The van der Waals surface area contributed by atoms with Crippen LogP contribution in [0.3, 0.4) is 0 Å². The number of carbonyl (C=O) groups is 3. The number of amides is 1. The zero-order chi connectivity index (χ0) is 26.0. The smallest absolute Gasteiger partial charge is 0.338 e. The third-order valence-electron chi connectivity index (χ3n) is 5.55. The fourth-order valence-electron chi connectivity index (χ4n) is 3.97. The molecule has 36 heavy (non-hydrogen) atoms. The van der Waals surface area contributed by atoms with Gasteiger partial charge in [-0.25, -0.2) is 4.79 Å². The number of aromatic nitrogens is 1. The lowest BCUT2D eigenvalue weighted by Crippen LogP contribution is -2.29. The second kappa shape index (κ2) is 10.2. The number of nitrogens with zero attached hydrogens (tertiary/aromatic N) is 2. The van der Waals surface area contributed by atoms with Gasteiger partial charge in [0.15, 0.2) is 0 Å².